The van der Waals surface area contributed by atoms with Gasteiger partial charge in [0.15, 0.2) is 0 Å². The molecule has 2 N–H and O–H groups in total. The van der Waals surface area contributed by atoms with E-state index in [2.05, 4.69) is 24.1 Å². The number of anilines is 1. The fourth-order valence-corrected chi connectivity index (χ4v) is 2.12. The second kappa shape index (κ2) is 6.22. The van der Waals surface area contributed by atoms with Crippen LogP contribution in [0.25, 0.3) is 10.9 Å². The largest absolute Gasteiger partial charge is 0.396 e. The number of hydrogen-bond acceptors (Lipinski definition) is 3. The molecule has 0 amide bonds. The van der Waals surface area contributed by atoms with Crippen molar-refractivity contribution < 1.29 is 5.11 Å². The molecule has 0 saturated heterocycles. The molecule has 3 nitrogen and oxygen atoms in total. The normalized spacial score (nSPS) is 12.9. The number of benzene rings is 1. The number of nitrogens with zero attached hydrogens (tertiary/aromatic N) is 1. The number of aliphatic hydroxyl groups excluding tert-OH is 1. The van der Waals surface area contributed by atoms with Gasteiger partial charge in [-0.25, -0.2) is 4.98 Å². The molecule has 0 aliphatic carbocycles. The molecule has 1 heterocycles. The van der Waals surface area contributed by atoms with Gasteiger partial charge in [0.05, 0.1) is 5.52 Å². The van der Waals surface area contributed by atoms with E-state index >= 15 is 0 Å². The number of hydrogen-bond donors (Lipinski definition) is 2. The molecule has 2 rings (SSSR count). The zero-order valence-corrected chi connectivity index (χ0v) is 12.0. The summed E-state index contributed by atoms with van der Waals surface area (Å²) in [5.41, 5.74) is 0.916. The Balaban J connectivity index is 2.11. The minimum Gasteiger partial charge on any atom is -0.396 e. The molecule has 1 unspecified atom stereocenters. The third kappa shape index (κ3) is 3.58. The lowest BCUT2D eigenvalue weighted by Crippen LogP contribution is -2.23. The van der Waals surface area contributed by atoms with E-state index in [1.165, 1.54) is 0 Å². The fraction of sp³-hybridized carbons (Fsp3) is 0.400. The minimum absolute atomic E-state index is 0.188. The summed E-state index contributed by atoms with van der Waals surface area (Å²) in [6.07, 6.45) is 0. The first-order valence-corrected chi connectivity index (χ1v) is 6.89. The van der Waals surface area contributed by atoms with Crippen molar-refractivity contribution in [2.75, 3.05) is 18.5 Å². The van der Waals surface area contributed by atoms with E-state index in [0.29, 0.717) is 5.92 Å². The molecule has 0 saturated carbocycles. The summed E-state index contributed by atoms with van der Waals surface area (Å²) in [5, 5.41) is 14.3. The van der Waals surface area contributed by atoms with Crippen LogP contribution in [0.3, 0.4) is 0 Å². The van der Waals surface area contributed by atoms with Gasteiger partial charge in [-0.05, 0) is 36.2 Å². The Morgan fingerprint density at radius 1 is 1.26 bits per heavy atom. The first-order valence-electron chi connectivity index (χ1n) is 6.51. The quantitative estimate of drug-likeness (QED) is 0.879. The molecule has 19 heavy (non-hydrogen) atoms. The highest BCUT2D eigenvalue weighted by Crippen LogP contribution is 2.20. The van der Waals surface area contributed by atoms with Crippen LogP contribution in [-0.4, -0.2) is 23.2 Å². The van der Waals surface area contributed by atoms with E-state index in [1.807, 2.05) is 30.3 Å². The SMILES string of the molecule is CC(C)C(CO)CNc1ccc2cc(Cl)ccc2n1. The lowest BCUT2D eigenvalue weighted by atomic mass is 9.97. The van der Waals surface area contributed by atoms with Gasteiger partial charge in [0.2, 0.25) is 0 Å². The highest BCUT2D eigenvalue weighted by Gasteiger charge is 2.11. The van der Waals surface area contributed by atoms with Gasteiger partial charge in [0.1, 0.15) is 5.82 Å². The number of nitrogens with one attached hydrogen (secondary N) is 1. The van der Waals surface area contributed by atoms with Gasteiger partial charge in [-0.1, -0.05) is 25.4 Å². The van der Waals surface area contributed by atoms with Crippen LogP contribution >= 0.6 is 11.6 Å². The Morgan fingerprint density at radius 3 is 2.74 bits per heavy atom. The Kier molecular flexibility index (Phi) is 4.61. The van der Waals surface area contributed by atoms with Crippen molar-refractivity contribution in [2.24, 2.45) is 11.8 Å². The van der Waals surface area contributed by atoms with E-state index in [9.17, 15) is 5.11 Å². The molecule has 102 valence electrons. The summed E-state index contributed by atoms with van der Waals surface area (Å²) in [7, 11) is 0. The van der Waals surface area contributed by atoms with Crippen molar-refractivity contribution in [3.63, 3.8) is 0 Å². The number of aromatic nitrogens is 1. The van der Waals surface area contributed by atoms with Crippen molar-refractivity contribution in [2.45, 2.75) is 13.8 Å². The molecule has 4 heteroatoms. The van der Waals surface area contributed by atoms with Crippen LogP contribution in [0.15, 0.2) is 30.3 Å². The molecule has 0 spiro atoms. The summed E-state index contributed by atoms with van der Waals surface area (Å²) < 4.78 is 0. The number of fused-ring (bicyclic) bond motifs is 1. The smallest absolute Gasteiger partial charge is 0.126 e. The third-order valence-electron chi connectivity index (χ3n) is 3.37. The molecule has 1 atom stereocenters. The second-order valence-electron chi connectivity index (χ2n) is 5.10. The predicted molar refractivity (Wildman–Crippen MR) is 80.7 cm³/mol. The van der Waals surface area contributed by atoms with E-state index in [1.54, 1.807) is 0 Å². The van der Waals surface area contributed by atoms with E-state index in [4.69, 9.17) is 11.6 Å². The van der Waals surface area contributed by atoms with Gasteiger partial charge < -0.3 is 10.4 Å². The van der Waals surface area contributed by atoms with Gasteiger partial charge >= 0.3 is 0 Å². The topological polar surface area (TPSA) is 45.1 Å². The average molecular weight is 279 g/mol. The average Bonchev–Trinajstić information content (AvgIpc) is 2.39. The summed E-state index contributed by atoms with van der Waals surface area (Å²) in [6, 6.07) is 9.59. The van der Waals surface area contributed by atoms with Crippen molar-refractivity contribution in [3.05, 3.63) is 35.4 Å². The highest BCUT2D eigenvalue weighted by atomic mass is 35.5. The molecule has 0 radical (unpaired) electrons. The lowest BCUT2D eigenvalue weighted by molar-refractivity contribution is 0.198. The van der Waals surface area contributed by atoms with Crippen LogP contribution in [0.1, 0.15) is 13.8 Å². The summed E-state index contributed by atoms with van der Waals surface area (Å²) in [4.78, 5) is 4.53. The standard InChI is InChI=1S/C15H19ClN2O/c1-10(2)12(9-19)8-17-15-6-3-11-7-13(16)4-5-14(11)18-15/h3-7,10,12,19H,8-9H2,1-2H3,(H,17,18). The summed E-state index contributed by atoms with van der Waals surface area (Å²) in [6.45, 7) is 5.13. The maximum Gasteiger partial charge on any atom is 0.126 e. The molecule has 0 bridgehead atoms. The Labute approximate surface area is 118 Å². The van der Waals surface area contributed by atoms with Gasteiger partial charge in [0, 0.05) is 29.5 Å². The lowest BCUT2D eigenvalue weighted by Gasteiger charge is -2.19. The number of pyridine rings is 1. The number of halogens is 1. The van der Waals surface area contributed by atoms with Crippen molar-refractivity contribution in [3.8, 4) is 0 Å². The Bertz CT molecular complexity index is 557. The van der Waals surface area contributed by atoms with Gasteiger partial charge in [-0.3, -0.25) is 0 Å². The van der Waals surface area contributed by atoms with Crippen LogP contribution in [0, 0.1) is 11.8 Å². The highest BCUT2D eigenvalue weighted by molar-refractivity contribution is 6.31. The zero-order valence-electron chi connectivity index (χ0n) is 11.2. The van der Waals surface area contributed by atoms with Gasteiger partial charge in [-0.15, -0.1) is 0 Å². The molecule has 0 fully saturated rings. The molecule has 0 aliphatic rings. The van der Waals surface area contributed by atoms with Gasteiger partial charge in [-0.2, -0.15) is 0 Å². The third-order valence-corrected chi connectivity index (χ3v) is 3.61. The van der Waals surface area contributed by atoms with Crippen LogP contribution < -0.4 is 5.32 Å². The summed E-state index contributed by atoms with van der Waals surface area (Å²) in [5.74, 6) is 1.51. The van der Waals surface area contributed by atoms with Crippen molar-refractivity contribution in [1.29, 1.82) is 0 Å². The predicted octanol–water partition coefficient (Wildman–Crippen LogP) is 3.56. The Morgan fingerprint density at radius 2 is 2.05 bits per heavy atom. The van der Waals surface area contributed by atoms with Crippen LogP contribution in [0.4, 0.5) is 5.82 Å². The monoisotopic (exact) mass is 278 g/mol. The van der Waals surface area contributed by atoms with E-state index in [0.717, 1.165) is 28.3 Å². The molecule has 2 aromatic rings. The number of aliphatic hydroxyl groups is 1. The fourth-order valence-electron chi connectivity index (χ4n) is 1.94. The first kappa shape index (κ1) is 14.1. The van der Waals surface area contributed by atoms with E-state index < -0.39 is 0 Å². The van der Waals surface area contributed by atoms with Crippen molar-refractivity contribution >= 4 is 28.3 Å². The molecular formula is C15H19ClN2O. The maximum absolute atomic E-state index is 9.30. The molecule has 1 aromatic carbocycles. The van der Waals surface area contributed by atoms with Crippen molar-refractivity contribution in [1.82, 2.24) is 4.98 Å². The maximum atomic E-state index is 9.30. The second-order valence-corrected chi connectivity index (χ2v) is 5.54. The van der Waals surface area contributed by atoms with Crippen LogP contribution in [-0.2, 0) is 0 Å². The molecule has 1 aromatic heterocycles. The summed E-state index contributed by atoms with van der Waals surface area (Å²) >= 11 is 5.94. The zero-order chi connectivity index (χ0) is 13.8. The van der Waals surface area contributed by atoms with Gasteiger partial charge in [0.25, 0.3) is 0 Å². The minimum atomic E-state index is 0.188. The molecule has 0 aliphatic heterocycles. The van der Waals surface area contributed by atoms with E-state index in [-0.39, 0.29) is 12.5 Å². The van der Waals surface area contributed by atoms with Crippen LogP contribution in [0.5, 0.6) is 0 Å². The molecular weight excluding hydrogens is 260 g/mol. The Hall–Kier alpha value is -1.32. The number of rotatable bonds is 5. The van der Waals surface area contributed by atoms with Crippen LogP contribution in [0.2, 0.25) is 5.02 Å². The first-order chi connectivity index (χ1) is 9.10.